The summed E-state index contributed by atoms with van der Waals surface area (Å²) in [7, 11) is 6.95. The van der Waals surface area contributed by atoms with Gasteiger partial charge < -0.3 is 33.5 Å². The van der Waals surface area contributed by atoms with Gasteiger partial charge in [-0.15, -0.1) is 0 Å². The molecule has 1 N–H and O–H groups in total. The average molecular weight is 571 g/mol. The monoisotopic (exact) mass is 570 g/mol. The van der Waals surface area contributed by atoms with Crippen LogP contribution in [0.15, 0.2) is 88.5 Å². The summed E-state index contributed by atoms with van der Waals surface area (Å²) >= 11 is 0. The number of hydrogen-bond acceptors (Lipinski definition) is 8. The van der Waals surface area contributed by atoms with Crippen molar-refractivity contribution in [1.82, 2.24) is 9.80 Å². The van der Waals surface area contributed by atoms with Gasteiger partial charge in [0, 0.05) is 11.9 Å². The molecule has 9 heteroatoms. The number of carbonyl (C=O) groups is 2. The van der Waals surface area contributed by atoms with Crippen LogP contribution in [0.25, 0.3) is 11.0 Å². The van der Waals surface area contributed by atoms with Crippen LogP contribution in [0.4, 0.5) is 0 Å². The average Bonchev–Trinajstić information content (AvgIpc) is 3.55. The highest BCUT2D eigenvalue weighted by Gasteiger charge is 2.44. The number of fused-ring (bicyclic) bond motifs is 1. The summed E-state index contributed by atoms with van der Waals surface area (Å²) in [5, 5.41) is 11.8. The highest BCUT2D eigenvalue weighted by molar-refractivity contribution is 6.16. The zero-order valence-electron chi connectivity index (χ0n) is 24.1. The first-order valence-electron chi connectivity index (χ1n) is 13.7. The van der Waals surface area contributed by atoms with Crippen LogP contribution < -0.4 is 14.2 Å². The van der Waals surface area contributed by atoms with E-state index in [0.717, 1.165) is 12.1 Å². The molecule has 0 aliphatic carbocycles. The van der Waals surface area contributed by atoms with Crippen LogP contribution >= 0.6 is 0 Å². The first-order chi connectivity index (χ1) is 20.3. The van der Waals surface area contributed by atoms with Crippen molar-refractivity contribution in [1.29, 1.82) is 0 Å². The second-order valence-electron chi connectivity index (χ2n) is 10.3. The van der Waals surface area contributed by atoms with Crippen LogP contribution in [0.2, 0.25) is 0 Å². The van der Waals surface area contributed by atoms with Crippen LogP contribution in [-0.4, -0.2) is 68.0 Å². The van der Waals surface area contributed by atoms with Crippen molar-refractivity contribution < 1.29 is 33.3 Å². The van der Waals surface area contributed by atoms with Crippen molar-refractivity contribution in [2.45, 2.75) is 19.1 Å². The second-order valence-corrected chi connectivity index (χ2v) is 10.3. The van der Waals surface area contributed by atoms with Gasteiger partial charge in [0.2, 0.25) is 5.78 Å². The maximum absolute atomic E-state index is 14.0. The fraction of sp³-hybridized carbons (Fsp3) is 0.273. The van der Waals surface area contributed by atoms with Crippen molar-refractivity contribution in [2.24, 2.45) is 0 Å². The highest BCUT2D eigenvalue weighted by Crippen LogP contribution is 2.42. The fourth-order valence-corrected chi connectivity index (χ4v) is 5.17. The quantitative estimate of drug-likeness (QED) is 0.221. The van der Waals surface area contributed by atoms with E-state index in [2.05, 4.69) is 0 Å². The standard InChI is InChI=1S/C33H34N2O7/c1-34(2)16-9-17-35-29(22-14-15-24(26(18-22)40-4)41-20-21-10-6-5-7-11-21)28(31(37)33(35)38)30(36)27-19-23-12-8-13-25(39-3)32(23)42-27/h5-8,10-15,18-19,29,37H,9,16-17,20H2,1-4H3. The number of methoxy groups -OCH3 is 2. The molecule has 42 heavy (non-hydrogen) atoms. The van der Waals surface area contributed by atoms with Gasteiger partial charge in [-0.3, -0.25) is 9.59 Å². The summed E-state index contributed by atoms with van der Waals surface area (Å²) in [5.74, 6) is -0.356. The van der Waals surface area contributed by atoms with Crippen LogP contribution in [0.3, 0.4) is 0 Å². The summed E-state index contributed by atoms with van der Waals surface area (Å²) in [6, 6.07) is 21.1. The molecule has 0 saturated heterocycles. The molecule has 0 fully saturated rings. The summed E-state index contributed by atoms with van der Waals surface area (Å²) in [6.45, 7) is 1.39. The molecule has 4 aromatic rings. The van der Waals surface area contributed by atoms with Crippen molar-refractivity contribution in [3.63, 3.8) is 0 Å². The number of para-hydroxylation sites is 1. The van der Waals surface area contributed by atoms with E-state index in [1.807, 2.05) is 49.3 Å². The maximum Gasteiger partial charge on any atom is 0.290 e. The van der Waals surface area contributed by atoms with Gasteiger partial charge in [0.25, 0.3) is 5.91 Å². The topological polar surface area (TPSA) is 102 Å². The number of Topliss-reactive ketones (excluding diaryl/α,β-unsaturated/α-hetero) is 1. The Morgan fingerprint density at radius 2 is 1.71 bits per heavy atom. The van der Waals surface area contributed by atoms with Crippen LogP contribution in [-0.2, 0) is 11.4 Å². The number of nitrogens with zero attached hydrogens (tertiary/aromatic N) is 2. The fourth-order valence-electron chi connectivity index (χ4n) is 5.17. The number of furan rings is 1. The number of amides is 1. The van der Waals surface area contributed by atoms with Crippen molar-refractivity contribution in [2.75, 3.05) is 41.4 Å². The van der Waals surface area contributed by atoms with Crippen LogP contribution in [0.5, 0.6) is 17.2 Å². The van der Waals surface area contributed by atoms with Crippen LogP contribution in [0.1, 0.15) is 34.1 Å². The third kappa shape index (κ3) is 5.69. The summed E-state index contributed by atoms with van der Waals surface area (Å²) in [6.07, 6.45) is 0.640. The van der Waals surface area contributed by atoms with Gasteiger partial charge >= 0.3 is 0 Å². The largest absolute Gasteiger partial charge is 0.503 e. The first-order valence-corrected chi connectivity index (χ1v) is 13.7. The normalized spacial score (nSPS) is 15.1. The Morgan fingerprint density at radius 3 is 2.43 bits per heavy atom. The minimum Gasteiger partial charge on any atom is -0.503 e. The molecule has 1 unspecified atom stereocenters. The molecule has 3 aromatic carbocycles. The van der Waals surface area contributed by atoms with E-state index in [-0.39, 0.29) is 11.3 Å². The molecule has 1 amide bonds. The first kappa shape index (κ1) is 28.8. The number of aliphatic hydroxyl groups excluding tert-OH is 1. The lowest BCUT2D eigenvalue weighted by Crippen LogP contribution is -2.33. The number of hydrogen-bond donors (Lipinski definition) is 1. The van der Waals surface area contributed by atoms with Crippen molar-refractivity contribution in [3.8, 4) is 17.2 Å². The number of ether oxygens (including phenoxy) is 3. The smallest absolute Gasteiger partial charge is 0.290 e. The van der Waals surface area contributed by atoms with Gasteiger partial charge in [-0.05, 0) is 62.5 Å². The van der Waals surface area contributed by atoms with E-state index in [1.165, 1.54) is 19.1 Å². The number of carbonyl (C=O) groups excluding carboxylic acids is 2. The lowest BCUT2D eigenvalue weighted by atomic mass is 9.94. The lowest BCUT2D eigenvalue weighted by Gasteiger charge is -2.27. The minimum atomic E-state index is -0.862. The van der Waals surface area contributed by atoms with Crippen LogP contribution in [0, 0.1) is 0 Å². The molecule has 0 radical (unpaired) electrons. The van der Waals surface area contributed by atoms with E-state index in [0.29, 0.717) is 53.4 Å². The third-order valence-corrected chi connectivity index (χ3v) is 7.24. The summed E-state index contributed by atoms with van der Waals surface area (Å²) < 4.78 is 23.0. The second kappa shape index (κ2) is 12.4. The van der Waals surface area contributed by atoms with Gasteiger partial charge in [0.15, 0.2) is 34.4 Å². The third-order valence-electron chi connectivity index (χ3n) is 7.24. The van der Waals surface area contributed by atoms with Crippen molar-refractivity contribution >= 4 is 22.7 Å². The molecule has 1 aliphatic rings. The van der Waals surface area contributed by atoms with E-state index in [1.54, 1.807) is 42.5 Å². The molecule has 5 rings (SSSR count). The Labute approximate surface area is 244 Å². The number of benzene rings is 3. The molecule has 0 spiro atoms. The Bertz CT molecular complexity index is 1620. The van der Waals surface area contributed by atoms with Crippen molar-refractivity contribution in [3.05, 3.63) is 101 Å². The molecular formula is C33H34N2O7. The molecule has 1 atom stereocenters. The van der Waals surface area contributed by atoms with Gasteiger partial charge in [-0.25, -0.2) is 0 Å². The zero-order chi connectivity index (χ0) is 29.8. The molecule has 0 saturated carbocycles. The Balaban J connectivity index is 1.52. The minimum absolute atomic E-state index is 0.00114. The molecule has 218 valence electrons. The van der Waals surface area contributed by atoms with Gasteiger partial charge in [0.1, 0.15) is 6.61 Å². The molecular weight excluding hydrogens is 536 g/mol. The van der Waals surface area contributed by atoms with Gasteiger partial charge in [-0.2, -0.15) is 0 Å². The highest BCUT2D eigenvalue weighted by atomic mass is 16.5. The van der Waals surface area contributed by atoms with E-state index in [9.17, 15) is 14.7 Å². The Morgan fingerprint density at radius 1 is 0.952 bits per heavy atom. The molecule has 1 aromatic heterocycles. The van der Waals surface area contributed by atoms with E-state index >= 15 is 0 Å². The molecule has 9 nitrogen and oxygen atoms in total. The zero-order valence-corrected chi connectivity index (χ0v) is 24.1. The predicted octanol–water partition coefficient (Wildman–Crippen LogP) is 5.56. The summed E-state index contributed by atoms with van der Waals surface area (Å²) in [5.41, 5.74) is 1.95. The lowest BCUT2D eigenvalue weighted by molar-refractivity contribution is -0.129. The Kier molecular flexibility index (Phi) is 8.49. The molecule has 2 heterocycles. The molecule has 0 bridgehead atoms. The predicted molar refractivity (Wildman–Crippen MR) is 158 cm³/mol. The van der Waals surface area contributed by atoms with E-state index < -0.39 is 23.5 Å². The number of ketones is 1. The molecule has 1 aliphatic heterocycles. The summed E-state index contributed by atoms with van der Waals surface area (Å²) in [4.78, 5) is 30.9. The van der Waals surface area contributed by atoms with E-state index in [4.69, 9.17) is 18.6 Å². The van der Waals surface area contributed by atoms with Gasteiger partial charge in [0.05, 0.1) is 25.8 Å². The number of aliphatic hydroxyl groups is 1. The SMILES string of the molecule is COc1cc(C2C(C(=O)c3cc4cccc(OC)c4o3)=C(O)C(=O)N2CCCN(C)C)ccc1OCc1ccccc1. The number of rotatable bonds is 12. The van der Waals surface area contributed by atoms with Gasteiger partial charge in [-0.1, -0.05) is 48.5 Å². The maximum atomic E-state index is 14.0. The Hall–Kier alpha value is -4.76.